The zero-order valence-electron chi connectivity index (χ0n) is 15.3. The lowest BCUT2D eigenvalue weighted by atomic mass is 10.1. The SMILES string of the molecule is CC(C)(C)OC(=O)N1CCC[C@H](O[Si](C)(C)C(C)(C)C)C1=O. The summed E-state index contributed by atoms with van der Waals surface area (Å²) in [6.07, 6.45) is 0.331. The highest BCUT2D eigenvalue weighted by molar-refractivity contribution is 6.74. The molecular formula is C16H31NO4Si. The van der Waals surface area contributed by atoms with Crippen molar-refractivity contribution in [2.75, 3.05) is 6.54 Å². The maximum atomic E-state index is 12.6. The van der Waals surface area contributed by atoms with Gasteiger partial charge in [0.2, 0.25) is 0 Å². The Morgan fingerprint density at radius 2 is 1.73 bits per heavy atom. The molecule has 1 rings (SSSR count). The number of rotatable bonds is 2. The van der Waals surface area contributed by atoms with Crippen molar-refractivity contribution < 1.29 is 18.8 Å². The van der Waals surface area contributed by atoms with E-state index in [4.69, 9.17) is 9.16 Å². The number of ether oxygens (including phenoxy) is 1. The first-order valence-corrected chi connectivity index (χ1v) is 10.9. The molecule has 1 atom stereocenters. The van der Waals surface area contributed by atoms with Gasteiger partial charge in [0.1, 0.15) is 11.7 Å². The summed E-state index contributed by atoms with van der Waals surface area (Å²) in [5.74, 6) is -0.259. The van der Waals surface area contributed by atoms with Gasteiger partial charge in [-0.25, -0.2) is 9.69 Å². The highest BCUT2D eigenvalue weighted by atomic mass is 28.4. The van der Waals surface area contributed by atoms with Gasteiger partial charge in [0.05, 0.1) is 0 Å². The fourth-order valence-corrected chi connectivity index (χ4v) is 3.27. The average Bonchev–Trinajstić information content (AvgIpc) is 2.27. The van der Waals surface area contributed by atoms with Gasteiger partial charge in [-0.2, -0.15) is 0 Å². The Morgan fingerprint density at radius 1 is 1.18 bits per heavy atom. The largest absolute Gasteiger partial charge is 0.443 e. The number of likely N-dealkylation sites (tertiary alicyclic amines) is 1. The zero-order valence-corrected chi connectivity index (χ0v) is 16.3. The van der Waals surface area contributed by atoms with Crippen LogP contribution >= 0.6 is 0 Å². The van der Waals surface area contributed by atoms with Crippen LogP contribution in [0.15, 0.2) is 0 Å². The second kappa shape index (κ2) is 6.32. The molecule has 0 aromatic rings. The molecule has 1 fully saturated rings. The number of hydrogen-bond acceptors (Lipinski definition) is 4. The Kier molecular flexibility index (Phi) is 5.50. The monoisotopic (exact) mass is 329 g/mol. The normalized spacial score (nSPS) is 21.0. The summed E-state index contributed by atoms with van der Waals surface area (Å²) in [5.41, 5.74) is -0.607. The van der Waals surface area contributed by atoms with Crippen LogP contribution in [0.4, 0.5) is 4.79 Å². The van der Waals surface area contributed by atoms with Crippen LogP contribution in [0.3, 0.4) is 0 Å². The third-order valence-electron chi connectivity index (χ3n) is 4.25. The molecule has 1 aliphatic rings. The molecule has 0 bridgehead atoms. The molecule has 2 amide bonds. The first-order chi connectivity index (χ1) is 9.74. The number of nitrogens with zero attached hydrogens (tertiary/aromatic N) is 1. The van der Waals surface area contributed by atoms with Gasteiger partial charge in [-0.15, -0.1) is 0 Å². The minimum atomic E-state index is -2.04. The second-order valence-electron chi connectivity index (χ2n) is 8.48. The Hall–Kier alpha value is -0.883. The summed E-state index contributed by atoms with van der Waals surface area (Å²) in [6.45, 7) is 16.4. The van der Waals surface area contributed by atoms with Crippen molar-refractivity contribution >= 4 is 20.3 Å². The fraction of sp³-hybridized carbons (Fsp3) is 0.875. The van der Waals surface area contributed by atoms with Crippen molar-refractivity contribution in [2.45, 2.75) is 84.2 Å². The number of hydrogen-bond donors (Lipinski definition) is 0. The Balaban J connectivity index is 2.81. The van der Waals surface area contributed by atoms with E-state index in [9.17, 15) is 9.59 Å². The van der Waals surface area contributed by atoms with Gasteiger partial charge < -0.3 is 9.16 Å². The number of imide groups is 1. The lowest BCUT2D eigenvalue weighted by Gasteiger charge is -2.41. The maximum Gasteiger partial charge on any atom is 0.417 e. The Bertz CT molecular complexity index is 434. The van der Waals surface area contributed by atoms with E-state index < -0.39 is 26.1 Å². The lowest BCUT2D eigenvalue weighted by molar-refractivity contribution is -0.141. The Morgan fingerprint density at radius 3 is 2.18 bits per heavy atom. The molecule has 0 saturated carbocycles. The molecule has 1 aliphatic heterocycles. The van der Waals surface area contributed by atoms with Crippen LogP contribution in [-0.2, 0) is 14.0 Å². The number of piperidine rings is 1. The van der Waals surface area contributed by atoms with Gasteiger partial charge >= 0.3 is 6.09 Å². The standard InChI is InChI=1S/C16H31NO4Si/c1-15(2,3)20-14(19)17-11-9-10-12(13(17)18)21-22(7,8)16(4,5)6/h12H,9-11H2,1-8H3/t12-/m0/s1. The predicted molar refractivity (Wildman–Crippen MR) is 89.3 cm³/mol. The van der Waals surface area contributed by atoms with Gasteiger partial charge in [0, 0.05) is 6.54 Å². The first-order valence-electron chi connectivity index (χ1n) is 7.97. The number of amides is 2. The minimum absolute atomic E-state index is 0.0292. The summed E-state index contributed by atoms with van der Waals surface area (Å²) in [4.78, 5) is 26.0. The quantitative estimate of drug-likeness (QED) is 0.720. The van der Waals surface area contributed by atoms with Crippen molar-refractivity contribution in [1.82, 2.24) is 4.90 Å². The van der Waals surface area contributed by atoms with Crippen molar-refractivity contribution in [3.63, 3.8) is 0 Å². The minimum Gasteiger partial charge on any atom is -0.443 e. The zero-order chi connectivity index (χ0) is 17.3. The summed E-state index contributed by atoms with van der Waals surface area (Å²) >= 11 is 0. The van der Waals surface area contributed by atoms with Crippen molar-refractivity contribution in [3.8, 4) is 0 Å². The van der Waals surface area contributed by atoms with E-state index in [0.717, 1.165) is 6.42 Å². The van der Waals surface area contributed by atoms with Crippen LogP contribution in [0.5, 0.6) is 0 Å². The molecule has 0 aromatic heterocycles. The predicted octanol–water partition coefficient (Wildman–Crippen LogP) is 3.93. The third kappa shape index (κ3) is 4.81. The van der Waals surface area contributed by atoms with E-state index in [1.807, 2.05) is 0 Å². The van der Waals surface area contributed by atoms with Crippen molar-refractivity contribution in [1.29, 1.82) is 0 Å². The van der Waals surface area contributed by atoms with Gasteiger partial charge in [-0.1, -0.05) is 20.8 Å². The molecule has 22 heavy (non-hydrogen) atoms. The van der Waals surface area contributed by atoms with Crippen LogP contribution in [0.2, 0.25) is 18.1 Å². The molecule has 0 radical (unpaired) electrons. The van der Waals surface area contributed by atoms with Crippen LogP contribution in [0.25, 0.3) is 0 Å². The van der Waals surface area contributed by atoms with E-state index in [-0.39, 0.29) is 10.9 Å². The molecule has 0 N–H and O–H groups in total. The molecule has 0 aromatic carbocycles. The first kappa shape index (κ1) is 19.2. The summed E-state index contributed by atoms with van der Waals surface area (Å²) in [6, 6.07) is 0. The lowest BCUT2D eigenvalue weighted by Crippen LogP contribution is -2.54. The van der Waals surface area contributed by atoms with E-state index in [1.54, 1.807) is 20.8 Å². The number of carbonyl (C=O) groups is 2. The van der Waals surface area contributed by atoms with Crippen LogP contribution in [0.1, 0.15) is 54.4 Å². The third-order valence-corrected chi connectivity index (χ3v) is 8.73. The molecule has 5 nitrogen and oxygen atoms in total. The van der Waals surface area contributed by atoms with E-state index in [0.29, 0.717) is 13.0 Å². The topological polar surface area (TPSA) is 55.8 Å². The highest BCUT2D eigenvalue weighted by Crippen LogP contribution is 2.38. The van der Waals surface area contributed by atoms with Crippen molar-refractivity contribution in [3.05, 3.63) is 0 Å². The smallest absolute Gasteiger partial charge is 0.417 e. The van der Waals surface area contributed by atoms with Gasteiger partial charge in [0.25, 0.3) is 5.91 Å². The highest BCUT2D eigenvalue weighted by Gasteiger charge is 2.43. The molecule has 1 heterocycles. The maximum absolute atomic E-state index is 12.6. The van der Waals surface area contributed by atoms with E-state index in [2.05, 4.69) is 33.9 Å². The molecule has 0 unspecified atom stereocenters. The molecule has 6 heteroatoms. The van der Waals surface area contributed by atoms with Crippen LogP contribution in [0, 0.1) is 0 Å². The molecular weight excluding hydrogens is 298 g/mol. The molecule has 0 aliphatic carbocycles. The summed E-state index contributed by atoms with van der Waals surface area (Å²) in [5, 5.41) is 0.0292. The van der Waals surface area contributed by atoms with E-state index >= 15 is 0 Å². The van der Waals surface area contributed by atoms with Gasteiger partial charge in [-0.3, -0.25) is 4.79 Å². The van der Waals surface area contributed by atoms with Crippen LogP contribution < -0.4 is 0 Å². The van der Waals surface area contributed by atoms with E-state index in [1.165, 1.54) is 4.90 Å². The van der Waals surface area contributed by atoms with Crippen molar-refractivity contribution in [2.24, 2.45) is 0 Å². The fourth-order valence-electron chi connectivity index (χ4n) is 1.98. The van der Waals surface area contributed by atoms with Gasteiger partial charge in [0.15, 0.2) is 8.32 Å². The molecule has 1 saturated heterocycles. The van der Waals surface area contributed by atoms with Gasteiger partial charge in [-0.05, 0) is 51.7 Å². The second-order valence-corrected chi connectivity index (χ2v) is 13.2. The van der Waals surface area contributed by atoms with Crippen LogP contribution in [-0.4, -0.2) is 43.5 Å². The summed E-state index contributed by atoms with van der Waals surface area (Å²) in [7, 11) is -2.04. The Labute approximate surface area is 135 Å². The average molecular weight is 330 g/mol. The number of carbonyl (C=O) groups excluding carboxylic acids is 2. The molecule has 0 spiro atoms. The molecule has 128 valence electrons. The summed E-state index contributed by atoms with van der Waals surface area (Å²) < 4.78 is 11.5.